The molecule has 1 spiro atoms. The lowest BCUT2D eigenvalue weighted by Crippen LogP contribution is -2.57. The number of nitrogens with zero attached hydrogens (tertiary/aromatic N) is 3. The van der Waals surface area contributed by atoms with Gasteiger partial charge in [-0.05, 0) is 50.1 Å². The van der Waals surface area contributed by atoms with Crippen molar-refractivity contribution >= 4 is 23.4 Å². The van der Waals surface area contributed by atoms with E-state index < -0.39 is 35.1 Å². The molecule has 2 saturated heterocycles. The van der Waals surface area contributed by atoms with E-state index in [0.717, 1.165) is 12.8 Å². The first kappa shape index (κ1) is 30.1. The summed E-state index contributed by atoms with van der Waals surface area (Å²) in [6.45, 7) is 7.22. The fourth-order valence-corrected chi connectivity index (χ4v) is 7.54. The number of anilines is 1. The number of benzene rings is 2. The molecule has 9 heteroatoms. The minimum Gasteiger partial charge on any atom is -0.494 e. The van der Waals surface area contributed by atoms with Crippen LogP contribution in [-0.2, 0) is 19.1 Å². The number of hydrogen-bond acceptors (Lipinski definition) is 6. The van der Waals surface area contributed by atoms with Gasteiger partial charge in [0.2, 0.25) is 17.7 Å². The molecule has 0 aromatic heterocycles. The molecule has 1 N–H and O–H groups in total. The molecule has 2 aromatic rings. The highest BCUT2D eigenvalue weighted by Gasteiger charge is 2.75. The van der Waals surface area contributed by atoms with Gasteiger partial charge in [-0.2, -0.15) is 0 Å². The number of fused-ring (bicyclic) bond motifs is 2. The first-order chi connectivity index (χ1) is 21.3. The Morgan fingerprint density at radius 2 is 1.66 bits per heavy atom. The van der Waals surface area contributed by atoms with Crippen molar-refractivity contribution in [1.29, 1.82) is 0 Å². The van der Waals surface area contributed by atoms with Crippen molar-refractivity contribution in [3.8, 4) is 5.75 Å². The SMILES string of the molecule is CCCCN1CC=C[C@]23O[C@]4(C)C=CCN(c5ccc(OCC)cc5)C(=O)[C@@H]4[C@H]2C(=O)N([C@H](CO)c2ccccc2)C3C1=O. The maximum absolute atomic E-state index is 14.8. The quantitative estimate of drug-likeness (QED) is 0.439. The fourth-order valence-electron chi connectivity index (χ4n) is 7.54. The van der Waals surface area contributed by atoms with Crippen molar-refractivity contribution in [3.05, 3.63) is 84.5 Å². The summed E-state index contributed by atoms with van der Waals surface area (Å²) in [6, 6.07) is 14.8. The normalized spacial score (nSPS) is 30.1. The van der Waals surface area contributed by atoms with Crippen molar-refractivity contribution in [1.82, 2.24) is 9.80 Å². The average Bonchev–Trinajstić information content (AvgIpc) is 3.30. The van der Waals surface area contributed by atoms with Crippen LogP contribution < -0.4 is 9.64 Å². The van der Waals surface area contributed by atoms with Gasteiger partial charge in [-0.15, -0.1) is 0 Å². The summed E-state index contributed by atoms with van der Waals surface area (Å²) < 4.78 is 12.6. The van der Waals surface area contributed by atoms with E-state index in [2.05, 4.69) is 6.92 Å². The minimum atomic E-state index is -1.39. The number of hydrogen-bond donors (Lipinski definition) is 1. The van der Waals surface area contributed by atoms with Crippen LogP contribution in [-0.4, -0.2) is 82.7 Å². The molecule has 0 aliphatic carbocycles. The summed E-state index contributed by atoms with van der Waals surface area (Å²) in [6.07, 6.45) is 9.27. The summed E-state index contributed by atoms with van der Waals surface area (Å²) in [7, 11) is 0. The van der Waals surface area contributed by atoms with Crippen LogP contribution in [0.15, 0.2) is 78.9 Å². The molecule has 9 nitrogen and oxygen atoms in total. The summed E-state index contributed by atoms with van der Waals surface area (Å²) in [4.78, 5) is 48.9. The molecule has 0 radical (unpaired) electrons. The number of aliphatic hydroxyl groups is 1. The van der Waals surface area contributed by atoms with Gasteiger partial charge in [-0.1, -0.05) is 68.0 Å². The fraction of sp³-hybridized carbons (Fsp3) is 0.457. The van der Waals surface area contributed by atoms with Crippen molar-refractivity contribution in [3.63, 3.8) is 0 Å². The van der Waals surface area contributed by atoms with E-state index in [1.807, 2.05) is 92.7 Å². The predicted octanol–water partition coefficient (Wildman–Crippen LogP) is 3.89. The van der Waals surface area contributed by atoms with Gasteiger partial charge in [0.15, 0.2) is 0 Å². The molecule has 6 atom stereocenters. The van der Waals surface area contributed by atoms with Crippen LogP contribution >= 0.6 is 0 Å². The predicted molar refractivity (Wildman–Crippen MR) is 166 cm³/mol. The first-order valence-electron chi connectivity index (χ1n) is 15.7. The lowest BCUT2D eigenvalue weighted by atomic mass is 9.74. The third-order valence-electron chi connectivity index (χ3n) is 9.51. The van der Waals surface area contributed by atoms with Crippen LogP contribution in [0.5, 0.6) is 5.75 Å². The van der Waals surface area contributed by atoms with Gasteiger partial charge in [0.25, 0.3) is 0 Å². The number of unbranched alkanes of at least 4 members (excludes halogenated alkanes) is 1. The lowest BCUT2D eigenvalue weighted by molar-refractivity contribution is -0.154. The molecule has 232 valence electrons. The summed E-state index contributed by atoms with van der Waals surface area (Å²) in [5.74, 6) is -2.00. The largest absolute Gasteiger partial charge is 0.494 e. The maximum Gasteiger partial charge on any atom is 0.249 e. The number of amides is 3. The van der Waals surface area contributed by atoms with Crippen LogP contribution in [0.1, 0.15) is 45.2 Å². The van der Waals surface area contributed by atoms with Gasteiger partial charge in [0, 0.05) is 25.3 Å². The van der Waals surface area contributed by atoms with E-state index in [-0.39, 0.29) is 24.3 Å². The van der Waals surface area contributed by atoms with Crippen molar-refractivity contribution < 1.29 is 29.0 Å². The molecule has 0 saturated carbocycles. The number of carbonyl (C=O) groups excluding carboxylic acids is 3. The average molecular weight is 600 g/mol. The highest BCUT2D eigenvalue weighted by molar-refractivity contribution is 6.04. The smallest absolute Gasteiger partial charge is 0.249 e. The van der Waals surface area contributed by atoms with Crippen molar-refractivity contribution in [2.75, 3.05) is 37.7 Å². The van der Waals surface area contributed by atoms with Gasteiger partial charge < -0.3 is 29.3 Å². The van der Waals surface area contributed by atoms with Gasteiger partial charge in [0.1, 0.15) is 17.4 Å². The molecular formula is C35H41N3O6. The molecule has 4 aliphatic rings. The standard InChI is InChI=1S/C35H41N3O6/c1-4-6-20-36-21-11-19-35-29(32(41)38(30(35)33(36)42)27(23-39)24-12-8-7-9-13-24)28-31(40)37(22-10-18-34(28,3)44-35)25-14-16-26(17-15-25)43-5-2/h7-19,27-30,39H,4-6,20-23H2,1-3H3/t27-,28+,29+,30?,34-,35+/m1/s1. The second-order valence-electron chi connectivity index (χ2n) is 12.2. The van der Waals surface area contributed by atoms with Crippen LogP contribution in [0.3, 0.4) is 0 Å². The van der Waals surface area contributed by atoms with Crippen LogP contribution in [0.4, 0.5) is 5.69 Å². The van der Waals surface area contributed by atoms with Crippen LogP contribution in [0, 0.1) is 11.8 Å². The van der Waals surface area contributed by atoms with E-state index in [0.29, 0.717) is 43.2 Å². The van der Waals surface area contributed by atoms with Gasteiger partial charge in [-0.25, -0.2) is 0 Å². The third-order valence-corrected chi connectivity index (χ3v) is 9.51. The van der Waals surface area contributed by atoms with E-state index in [4.69, 9.17) is 9.47 Å². The second-order valence-corrected chi connectivity index (χ2v) is 12.2. The van der Waals surface area contributed by atoms with E-state index in [1.54, 1.807) is 9.80 Å². The number of rotatable bonds is 9. The molecule has 6 rings (SSSR count). The molecule has 0 bridgehead atoms. The molecule has 3 amide bonds. The van der Waals surface area contributed by atoms with Gasteiger partial charge in [0.05, 0.1) is 36.7 Å². The summed E-state index contributed by atoms with van der Waals surface area (Å²) >= 11 is 0. The Morgan fingerprint density at radius 3 is 2.34 bits per heavy atom. The molecule has 2 aromatic carbocycles. The zero-order chi connectivity index (χ0) is 31.1. The third kappa shape index (κ3) is 4.73. The Morgan fingerprint density at radius 1 is 0.932 bits per heavy atom. The summed E-state index contributed by atoms with van der Waals surface area (Å²) in [5.41, 5.74) is -1.13. The second kappa shape index (κ2) is 11.9. The van der Waals surface area contributed by atoms with Crippen LogP contribution in [0.25, 0.3) is 0 Å². The van der Waals surface area contributed by atoms with Gasteiger partial charge in [-0.3, -0.25) is 14.4 Å². The molecule has 4 aliphatic heterocycles. The highest BCUT2D eigenvalue weighted by atomic mass is 16.5. The Hall–Kier alpha value is -3.95. The van der Waals surface area contributed by atoms with Gasteiger partial charge >= 0.3 is 0 Å². The molecule has 4 heterocycles. The van der Waals surface area contributed by atoms with Crippen molar-refractivity contribution in [2.45, 2.75) is 56.9 Å². The Kier molecular flexibility index (Phi) is 8.11. The topological polar surface area (TPSA) is 99.6 Å². The Labute approximate surface area is 258 Å². The zero-order valence-corrected chi connectivity index (χ0v) is 25.6. The molecule has 2 fully saturated rings. The molecular weight excluding hydrogens is 558 g/mol. The number of carbonyl (C=O) groups is 3. The monoisotopic (exact) mass is 599 g/mol. The zero-order valence-electron chi connectivity index (χ0n) is 25.6. The maximum atomic E-state index is 14.8. The van der Waals surface area contributed by atoms with Crippen molar-refractivity contribution in [2.24, 2.45) is 11.8 Å². The minimum absolute atomic E-state index is 0.228. The number of likely N-dealkylation sites (tertiary alicyclic amines) is 1. The number of aliphatic hydroxyl groups excluding tert-OH is 1. The van der Waals surface area contributed by atoms with Crippen LogP contribution in [0.2, 0.25) is 0 Å². The Bertz CT molecular complexity index is 1460. The van der Waals surface area contributed by atoms with E-state index in [9.17, 15) is 19.5 Å². The Balaban J connectivity index is 1.46. The van der Waals surface area contributed by atoms with E-state index in [1.165, 1.54) is 4.90 Å². The highest BCUT2D eigenvalue weighted by Crippen LogP contribution is 2.59. The van der Waals surface area contributed by atoms with E-state index >= 15 is 0 Å². The molecule has 1 unspecified atom stereocenters. The molecule has 44 heavy (non-hydrogen) atoms. The number of ether oxygens (including phenoxy) is 2. The first-order valence-corrected chi connectivity index (χ1v) is 15.7. The lowest BCUT2D eigenvalue weighted by Gasteiger charge is -2.40. The summed E-state index contributed by atoms with van der Waals surface area (Å²) in [5, 5.41) is 10.7.